The largest absolute Gasteiger partial charge is 0.481 e. The highest BCUT2D eigenvalue weighted by Crippen LogP contribution is 2.36. The topological polar surface area (TPSA) is 38.3 Å². The van der Waals surface area contributed by atoms with Gasteiger partial charge in [0.1, 0.15) is 5.75 Å². The third-order valence-corrected chi connectivity index (χ3v) is 3.89. The smallest absolute Gasteiger partial charge is 0.417 e. The van der Waals surface area contributed by atoms with E-state index in [1.165, 1.54) is 13.0 Å². The lowest BCUT2D eigenvalue weighted by Crippen LogP contribution is -2.30. The van der Waals surface area contributed by atoms with Gasteiger partial charge >= 0.3 is 6.18 Å². The van der Waals surface area contributed by atoms with Gasteiger partial charge in [0.25, 0.3) is 5.91 Å². The van der Waals surface area contributed by atoms with Crippen LogP contribution < -0.4 is 10.1 Å². The summed E-state index contributed by atoms with van der Waals surface area (Å²) in [6.45, 7) is 1.50. The quantitative estimate of drug-likeness (QED) is 0.704. The number of carbonyl (C=O) groups excluding carboxylic acids is 1. The van der Waals surface area contributed by atoms with Crippen LogP contribution in [-0.2, 0) is 11.0 Å². The molecule has 0 aliphatic rings. The Morgan fingerprint density at radius 3 is 2.42 bits per heavy atom. The fraction of sp³-hybridized carbons (Fsp3) is 0.188. The maximum absolute atomic E-state index is 12.8. The molecule has 0 spiro atoms. The summed E-state index contributed by atoms with van der Waals surface area (Å²) in [4.78, 5) is 12.1. The summed E-state index contributed by atoms with van der Waals surface area (Å²) >= 11 is 8.81. The molecule has 128 valence electrons. The second-order valence-electron chi connectivity index (χ2n) is 4.90. The Morgan fingerprint density at radius 2 is 1.83 bits per heavy atom. The Kier molecular flexibility index (Phi) is 5.77. The molecule has 0 heterocycles. The van der Waals surface area contributed by atoms with Crippen molar-refractivity contribution in [2.45, 2.75) is 19.2 Å². The summed E-state index contributed by atoms with van der Waals surface area (Å²) in [6.07, 6.45) is -5.49. The number of halogens is 5. The van der Waals surface area contributed by atoms with Gasteiger partial charge in [-0.2, -0.15) is 13.2 Å². The highest BCUT2D eigenvalue weighted by Gasteiger charge is 2.33. The Balaban J connectivity index is 2.07. The molecule has 1 amide bonds. The van der Waals surface area contributed by atoms with Crippen molar-refractivity contribution in [2.75, 3.05) is 5.32 Å². The van der Waals surface area contributed by atoms with Crippen LogP contribution in [0.5, 0.6) is 5.75 Å². The van der Waals surface area contributed by atoms with Gasteiger partial charge < -0.3 is 10.1 Å². The van der Waals surface area contributed by atoms with Gasteiger partial charge in [0.15, 0.2) is 6.10 Å². The predicted molar refractivity (Wildman–Crippen MR) is 89.3 cm³/mol. The lowest BCUT2D eigenvalue weighted by atomic mass is 10.2. The molecular weight excluding hydrogens is 411 g/mol. The van der Waals surface area contributed by atoms with Gasteiger partial charge in [-0.05, 0) is 49.4 Å². The SMILES string of the molecule is CC(Oc1ccc(Br)cc1)C(=O)Nc1ccc(Cl)c(C(F)(F)F)c1. The predicted octanol–water partition coefficient (Wildman–Crippen LogP) is 5.53. The first-order valence-corrected chi connectivity index (χ1v) is 7.94. The Bertz CT molecular complexity index is 735. The van der Waals surface area contributed by atoms with E-state index < -0.39 is 28.8 Å². The highest BCUT2D eigenvalue weighted by atomic mass is 79.9. The zero-order valence-corrected chi connectivity index (χ0v) is 14.7. The van der Waals surface area contributed by atoms with Gasteiger partial charge in [-0.3, -0.25) is 4.79 Å². The number of amides is 1. The third kappa shape index (κ3) is 4.88. The molecule has 0 saturated heterocycles. The molecule has 0 fully saturated rings. The van der Waals surface area contributed by atoms with Crippen LogP contribution in [0.3, 0.4) is 0 Å². The second kappa shape index (κ2) is 7.44. The average molecular weight is 423 g/mol. The minimum atomic E-state index is -4.60. The molecule has 0 aliphatic carbocycles. The van der Waals surface area contributed by atoms with Crippen LogP contribution in [0.2, 0.25) is 5.02 Å². The Labute approximate surface area is 149 Å². The normalized spacial score (nSPS) is 12.6. The molecule has 1 unspecified atom stereocenters. The minimum Gasteiger partial charge on any atom is -0.481 e. The lowest BCUT2D eigenvalue weighted by molar-refractivity contribution is -0.137. The van der Waals surface area contributed by atoms with Crippen molar-refractivity contribution in [2.24, 2.45) is 0 Å². The van der Waals surface area contributed by atoms with E-state index in [-0.39, 0.29) is 5.69 Å². The standard InChI is InChI=1S/C16H12BrClF3NO2/c1-9(24-12-5-2-10(17)3-6-12)15(23)22-11-4-7-14(18)13(8-11)16(19,20)21/h2-9H,1H3,(H,22,23). The Hall–Kier alpha value is -1.73. The van der Waals surface area contributed by atoms with Crippen molar-refractivity contribution in [3.05, 3.63) is 57.5 Å². The third-order valence-electron chi connectivity index (χ3n) is 3.04. The van der Waals surface area contributed by atoms with Crippen molar-refractivity contribution < 1.29 is 22.7 Å². The van der Waals surface area contributed by atoms with E-state index in [2.05, 4.69) is 21.2 Å². The first-order chi connectivity index (χ1) is 11.2. The zero-order valence-electron chi connectivity index (χ0n) is 12.3. The van der Waals surface area contributed by atoms with E-state index in [0.717, 1.165) is 16.6 Å². The molecule has 0 bridgehead atoms. The molecule has 3 nitrogen and oxygen atoms in total. The number of ether oxygens (including phenoxy) is 1. The first-order valence-electron chi connectivity index (χ1n) is 6.76. The molecule has 0 saturated carbocycles. The molecule has 0 aliphatic heterocycles. The van der Waals surface area contributed by atoms with E-state index in [1.807, 2.05) is 0 Å². The summed E-state index contributed by atoms with van der Waals surface area (Å²) < 4.78 is 44.8. The summed E-state index contributed by atoms with van der Waals surface area (Å²) in [7, 11) is 0. The number of anilines is 1. The monoisotopic (exact) mass is 421 g/mol. The van der Waals surface area contributed by atoms with Crippen LogP contribution in [-0.4, -0.2) is 12.0 Å². The van der Waals surface area contributed by atoms with E-state index in [0.29, 0.717) is 5.75 Å². The fourth-order valence-electron chi connectivity index (χ4n) is 1.83. The summed E-state index contributed by atoms with van der Waals surface area (Å²) in [6, 6.07) is 9.98. The zero-order chi connectivity index (χ0) is 17.9. The van der Waals surface area contributed by atoms with E-state index in [1.54, 1.807) is 24.3 Å². The number of nitrogens with one attached hydrogen (secondary N) is 1. The first kappa shape index (κ1) is 18.6. The number of benzene rings is 2. The molecule has 1 N–H and O–H groups in total. The molecule has 24 heavy (non-hydrogen) atoms. The summed E-state index contributed by atoms with van der Waals surface area (Å²) in [5.74, 6) is -0.110. The average Bonchev–Trinajstić information content (AvgIpc) is 2.50. The lowest BCUT2D eigenvalue weighted by Gasteiger charge is -2.16. The minimum absolute atomic E-state index is 0.0111. The molecule has 0 radical (unpaired) electrons. The Morgan fingerprint density at radius 1 is 1.21 bits per heavy atom. The second-order valence-corrected chi connectivity index (χ2v) is 6.22. The van der Waals surface area contributed by atoms with Gasteiger partial charge in [-0.15, -0.1) is 0 Å². The van der Waals surface area contributed by atoms with Crippen molar-refractivity contribution in [1.82, 2.24) is 0 Å². The maximum Gasteiger partial charge on any atom is 0.417 e. The van der Waals surface area contributed by atoms with Crippen molar-refractivity contribution in [3.63, 3.8) is 0 Å². The molecular formula is C16H12BrClF3NO2. The number of hydrogen-bond donors (Lipinski definition) is 1. The molecule has 2 aromatic carbocycles. The number of carbonyl (C=O) groups is 1. The van der Waals surface area contributed by atoms with Gasteiger partial charge in [-0.25, -0.2) is 0 Å². The summed E-state index contributed by atoms with van der Waals surface area (Å²) in [5, 5.41) is 1.95. The molecule has 0 aromatic heterocycles. The molecule has 8 heteroatoms. The van der Waals surface area contributed by atoms with Gasteiger partial charge in [0, 0.05) is 10.2 Å². The van der Waals surface area contributed by atoms with Gasteiger partial charge in [0.05, 0.1) is 10.6 Å². The van der Waals surface area contributed by atoms with Crippen LogP contribution in [0.4, 0.5) is 18.9 Å². The van der Waals surface area contributed by atoms with Crippen molar-refractivity contribution in [1.29, 1.82) is 0 Å². The van der Waals surface area contributed by atoms with Crippen LogP contribution in [0.25, 0.3) is 0 Å². The molecule has 2 aromatic rings. The van der Waals surface area contributed by atoms with Gasteiger partial charge in [-0.1, -0.05) is 27.5 Å². The molecule has 1 atom stereocenters. The number of hydrogen-bond acceptors (Lipinski definition) is 2. The molecule has 2 rings (SSSR count). The van der Waals surface area contributed by atoms with E-state index >= 15 is 0 Å². The van der Waals surface area contributed by atoms with Crippen molar-refractivity contribution in [3.8, 4) is 5.75 Å². The number of rotatable bonds is 4. The highest BCUT2D eigenvalue weighted by molar-refractivity contribution is 9.10. The van der Waals surface area contributed by atoms with E-state index in [9.17, 15) is 18.0 Å². The number of alkyl halides is 3. The van der Waals surface area contributed by atoms with Gasteiger partial charge in [0.2, 0.25) is 0 Å². The van der Waals surface area contributed by atoms with Crippen LogP contribution in [0.15, 0.2) is 46.9 Å². The van der Waals surface area contributed by atoms with Crippen LogP contribution in [0.1, 0.15) is 12.5 Å². The fourth-order valence-corrected chi connectivity index (χ4v) is 2.32. The van der Waals surface area contributed by atoms with Crippen LogP contribution >= 0.6 is 27.5 Å². The van der Waals surface area contributed by atoms with E-state index in [4.69, 9.17) is 16.3 Å². The van der Waals surface area contributed by atoms with Crippen LogP contribution in [0, 0.1) is 0 Å². The summed E-state index contributed by atoms with van der Waals surface area (Å²) in [5.41, 5.74) is -1.02. The maximum atomic E-state index is 12.8. The van der Waals surface area contributed by atoms with Crippen molar-refractivity contribution >= 4 is 39.1 Å².